The minimum Gasteiger partial charge on any atom is -0.478 e. The van der Waals surface area contributed by atoms with Crippen LogP contribution in [0.5, 0.6) is 0 Å². The highest BCUT2D eigenvalue weighted by molar-refractivity contribution is 6.08. The van der Waals surface area contributed by atoms with Crippen LogP contribution in [-0.4, -0.2) is 27.0 Å². The molecule has 158 valence electrons. The molecule has 0 saturated heterocycles. The number of hydrogen-bond donors (Lipinski definition) is 3. The van der Waals surface area contributed by atoms with Gasteiger partial charge in [0.25, 0.3) is 5.91 Å². The molecule has 0 aliphatic heterocycles. The number of amides is 1. The maximum atomic E-state index is 12.7. The Morgan fingerprint density at radius 2 is 1.59 bits per heavy atom. The summed E-state index contributed by atoms with van der Waals surface area (Å²) in [6.07, 6.45) is 0. The molecule has 0 bridgehead atoms. The lowest BCUT2D eigenvalue weighted by atomic mass is 10.1. The topological polar surface area (TPSA) is 104 Å². The van der Waals surface area contributed by atoms with Gasteiger partial charge in [-0.05, 0) is 37.3 Å². The number of anilines is 3. The first kappa shape index (κ1) is 20.7. The van der Waals surface area contributed by atoms with Crippen LogP contribution in [0.3, 0.4) is 0 Å². The SMILES string of the molecule is Cc1nc(Nc2cccc(C(=O)Nc3ccccc3C(=O)O)c2)cc(-c2ccccc2)n1. The number of carboxylic acid groups (broad SMARTS) is 1. The number of carbonyl (C=O) groups is 2. The first-order valence-corrected chi connectivity index (χ1v) is 9.91. The molecule has 0 spiro atoms. The third kappa shape index (κ3) is 4.79. The quantitative estimate of drug-likeness (QED) is 0.396. The van der Waals surface area contributed by atoms with Gasteiger partial charge in [0.05, 0.1) is 16.9 Å². The minimum absolute atomic E-state index is 0.0278. The second kappa shape index (κ2) is 9.09. The number of carbonyl (C=O) groups excluding carboxylic acids is 1. The predicted molar refractivity (Wildman–Crippen MR) is 123 cm³/mol. The number of hydrogen-bond acceptors (Lipinski definition) is 5. The molecule has 32 heavy (non-hydrogen) atoms. The molecule has 7 nitrogen and oxygen atoms in total. The molecule has 4 aromatic rings. The maximum Gasteiger partial charge on any atom is 0.337 e. The average Bonchev–Trinajstić information content (AvgIpc) is 2.79. The number of aromatic nitrogens is 2. The van der Waals surface area contributed by atoms with Crippen molar-refractivity contribution in [3.05, 3.63) is 102 Å². The van der Waals surface area contributed by atoms with Gasteiger partial charge in [-0.2, -0.15) is 0 Å². The monoisotopic (exact) mass is 424 g/mol. The third-order valence-electron chi connectivity index (χ3n) is 4.71. The molecular weight excluding hydrogens is 404 g/mol. The molecule has 1 heterocycles. The van der Waals surface area contributed by atoms with Gasteiger partial charge in [-0.25, -0.2) is 14.8 Å². The summed E-state index contributed by atoms with van der Waals surface area (Å²) >= 11 is 0. The average molecular weight is 424 g/mol. The lowest BCUT2D eigenvalue weighted by molar-refractivity contribution is 0.0698. The number of aromatic carboxylic acids is 1. The van der Waals surface area contributed by atoms with Crippen LogP contribution in [0, 0.1) is 6.92 Å². The van der Waals surface area contributed by atoms with Gasteiger partial charge < -0.3 is 15.7 Å². The second-order valence-electron chi connectivity index (χ2n) is 7.06. The Hall–Kier alpha value is -4.52. The van der Waals surface area contributed by atoms with E-state index in [1.807, 2.05) is 49.4 Å². The maximum absolute atomic E-state index is 12.7. The van der Waals surface area contributed by atoms with Crippen molar-refractivity contribution in [2.45, 2.75) is 6.92 Å². The standard InChI is InChI=1S/C25H20N4O3/c1-16-26-22(17-8-3-2-4-9-17)15-23(27-16)28-19-11-7-10-18(14-19)24(30)29-21-13-6-5-12-20(21)25(31)32/h2-15H,1H3,(H,29,30)(H,31,32)(H,26,27,28). The van der Waals surface area contributed by atoms with Gasteiger partial charge in [0, 0.05) is 22.9 Å². The lowest BCUT2D eigenvalue weighted by Crippen LogP contribution is -2.15. The number of carboxylic acids is 1. The van der Waals surface area contributed by atoms with Crippen LogP contribution in [0.2, 0.25) is 0 Å². The summed E-state index contributed by atoms with van der Waals surface area (Å²) in [5, 5.41) is 15.2. The molecule has 0 radical (unpaired) electrons. The van der Waals surface area contributed by atoms with Crippen LogP contribution in [0.25, 0.3) is 11.3 Å². The van der Waals surface area contributed by atoms with Crippen LogP contribution in [0.4, 0.5) is 17.2 Å². The Kier molecular flexibility index (Phi) is 5.89. The Labute approximate surface area is 184 Å². The van der Waals surface area contributed by atoms with Gasteiger partial charge >= 0.3 is 5.97 Å². The Bertz CT molecular complexity index is 1290. The van der Waals surface area contributed by atoms with Crippen LogP contribution in [0.15, 0.2) is 84.9 Å². The number of para-hydroxylation sites is 1. The molecular formula is C25H20N4O3. The summed E-state index contributed by atoms with van der Waals surface area (Å²) in [5.74, 6) is -0.297. The highest BCUT2D eigenvalue weighted by Crippen LogP contribution is 2.23. The van der Waals surface area contributed by atoms with Gasteiger partial charge in [-0.3, -0.25) is 4.79 Å². The van der Waals surface area contributed by atoms with Gasteiger partial charge in [-0.1, -0.05) is 48.5 Å². The van der Waals surface area contributed by atoms with Crippen molar-refractivity contribution in [3.8, 4) is 11.3 Å². The highest BCUT2D eigenvalue weighted by atomic mass is 16.4. The van der Waals surface area contributed by atoms with E-state index < -0.39 is 11.9 Å². The van der Waals surface area contributed by atoms with Crippen molar-refractivity contribution < 1.29 is 14.7 Å². The molecule has 4 rings (SSSR count). The van der Waals surface area contributed by atoms with Crippen LogP contribution in [-0.2, 0) is 0 Å². The molecule has 0 atom stereocenters. The first-order valence-electron chi connectivity index (χ1n) is 9.91. The Balaban J connectivity index is 1.56. The Morgan fingerprint density at radius 1 is 0.844 bits per heavy atom. The summed E-state index contributed by atoms with van der Waals surface area (Å²) in [6.45, 7) is 1.82. The van der Waals surface area contributed by atoms with E-state index in [-0.39, 0.29) is 11.3 Å². The molecule has 0 fully saturated rings. The first-order chi connectivity index (χ1) is 15.5. The summed E-state index contributed by atoms with van der Waals surface area (Å²) in [4.78, 5) is 33.0. The molecule has 0 saturated carbocycles. The summed E-state index contributed by atoms with van der Waals surface area (Å²) in [6, 6.07) is 24.8. The number of benzene rings is 3. The molecule has 3 aromatic carbocycles. The molecule has 0 unspecified atom stereocenters. The summed E-state index contributed by atoms with van der Waals surface area (Å²) in [5.41, 5.74) is 3.08. The van der Waals surface area contributed by atoms with Crippen molar-refractivity contribution in [3.63, 3.8) is 0 Å². The van der Waals surface area contributed by atoms with Gasteiger partial charge in [0.2, 0.25) is 0 Å². The number of nitrogens with one attached hydrogen (secondary N) is 2. The normalized spacial score (nSPS) is 10.4. The van der Waals surface area contributed by atoms with E-state index in [9.17, 15) is 14.7 Å². The van der Waals surface area contributed by atoms with Crippen molar-refractivity contribution in [2.24, 2.45) is 0 Å². The van der Waals surface area contributed by atoms with Gasteiger partial charge in [0.15, 0.2) is 0 Å². The van der Waals surface area contributed by atoms with Crippen molar-refractivity contribution in [2.75, 3.05) is 10.6 Å². The molecule has 1 amide bonds. The van der Waals surface area contributed by atoms with Gasteiger partial charge in [-0.15, -0.1) is 0 Å². The van der Waals surface area contributed by atoms with E-state index in [1.54, 1.807) is 36.4 Å². The molecule has 0 aliphatic carbocycles. The number of rotatable bonds is 6. The third-order valence-corrected chi connectivity index (χ3v) is 4.71. The zero-order valence-corrected chi connectivity index (χ0v) is 17.2. The minimum atomic E-state index is -1.11. The predicted octanol–water partition coefficient (Wildman–Crippen LogP) is 5.15. The summed E-state index contributed by atoms with van der Waals surface area (Å²) < 4.78 is 0. The second-order valence-corrected chi connectivity index (χ2v) is 7.06. The van der Waals surface area contributed by atoms with Crippen molar-refractivity contribution >= 4 is 29.1 Å². The molecule has 1 aromatic heterocycles. The lowest BCUT2D eigenvalue weighted by Gasteiger charge is -2.11. The zero-order valence-electron chi connectivity index (χ0n) is 17.2. The van der Waals surface area contributed by atoms with Crippen LogP contribution >= 0.6 is 0 Å². The smallest absolute Gasteiger partial charge is 0.337 e. The van der Waals surface area contributed by atoms with Crippen molar-refractivity contribution in [1.29, 1.82) is 0 Å². The van der Waals surface area contributed by atoms with Crippen LogP contribution < -0.4 is 10.6 Å². The largest absolute Gasteiger partial charge is 0.478 e. The fourth-order valence-corrected chi connectivity index (χ4v) is 3.25. The Morgan fingerprint density at radius 3 is 2.38 bits per heavy atom. The van der Waals surface area contributed by atoms with E-state index in [0.29, 0.717) is 22.9 Å². The number of nitrogens with zero attached hydrogens (tertiary/aromatic N) is 2. The van der Waals surface area contributed by atoms with E-state index in [0.717, 1.165) is 11.3 Å². The summed E-state index contributed by atoms with van der Waals surface area (Å²) in [7, 11) is 0. The molecule has 3 N–H and O–H groups in total. The van der Waals surface area contributed by atoms with E-state index in [1.165, 1.54) is 6.07 Å². The van der Waals surface area contributed by atoms with Gasteiger partial charge in [0.1, 0.15) is 11.6 Å². The molecule has 0 aliphatic rings. The van der Waals surface area contributed by atoms with E-state index in [4.69, 9.17) is 0 Å². The zero-order chi connectivity index (χ0) is 22.5. The fraction of sp³-hybridized carbons (Fsp3) is 0.0400. The van der Waals surface area contributed by atoms with E-state index >= 15 is 0 Å². The fourth-order valence-electron chi connectivity index (χ4n) is 3.25. The van der Waals surface area contributed by atoms with Crippen molar-refractivity contribution in [1.82, 2.24) is 9.97 Å². The van der Waals surface area contributed by atoms with Crippen LogP contribution in [0.1, 0.15) is 26.5 Å². The highest BCUT2D eigenvalue weighted by Gasteiger charge is 2.13. The number of aryl methyl sites for hydroxylation is 1. The molecule has 7 heteroatoms. The van der Waals surface area contributed by atoms with E-state index in [2.05, 4.69) is 20.6 Å².